The highest BCUT2D eigenvalue weighted by Gasteiger charge is 2.30. The van der Waals surface area contributed by atoms with Crippen molar-refractivity contribution in [1.29, 1.82) is 0 Å². The highest BCUT2D eigenvalue weighted by atomic mass is 19.4. The number of nitrogens with one attached hydrogen (secondary N) is 2. The molecule has 4 N–H and O–H groups in total. The van der Waals surface area contributed by atoms with E-state index in [1.807, 2.05) is 0 Å². The van der Waals surface area contributed by atoms with Crippen LogP contribution in [0, 0.1) is 0 Å². The third-order valence-corrected chi connectivity index (χ3v) is 3.94. The van der Waals surface area contributed by atoms with Crippen LogP contribution in [-0.2, 0) is 17.5 Å². The number of primary amides is 1. The van der Waals surface area contributed by atoms with E-state index >= 15 is 0 Å². The van der Waals surface area contributed by atoms with Gasteiger partial charge in [-0.15, -0.1) is 0 Å². The van der Waals surface area contributed by atoms with E-state index < -0.39 is 23.6 Å². The lowest BCUT2D eigenvalue weighted by Crippen LogP contribution is -2.25. The minimum absolute atomic E-state index is 0.120. The second kappa shape index (κ2) is 8.13. The lowest BCUT2D eigenvalue weighted by Gasteiger charge is -2.11. The number of hydrogen-bond acceptors (Lipinski definition) is 5. The molecule has 0 saturated carbocycles. The fourth-order valence-electron chi connectivity index (χ4n) is 2.61. The summed E-state index contributed by atoms with van der Waals surface area (Å²) in [4.78, 5) is 31.9. The van der Waals surface area contributed by atoms with Gasteiger partial charge in [0.15, 0.2) is 5.82 Å². The lowest BCUT2D eigenvalue weighted by molar-refractivity contribution is -0.137. The summed E-state index contributed by atoms with van der Waals surface area (Å²) in [5.41, 5.74) is 4.67. The average molecular weight is 403 g/mol. The molecule has 29 heavy (non-hydrogen) atoms. The van der Waals surface area contributed by atoms with Crippen molar-refractivity contribution in [2.45, 2.75) is 12.7 Å². The van der Waals surface area contributed by atoms with Crippen LogP contribution < -0.4 is 16.4 Å². The van der Waals surface area contributed by atoms with Gasteiger partial charge in [0.25, 0.3) is 5.91 Å². The molecule has 1 aromatic heterocycles. The molecule has 0 saturated heterocycles. The first-order chi connectivity index (χ1) is 13.7. The zero-order valence-electron chi connectivity index (χ0n) is 15.0. The largest absolute Gasteiger partial charge is 0.416 e. The summed E-state index contributed by atoms with van der Waals surface area (Å²) in [7, 11) is 0. The van der Waals surface area contributed by atoms with E-state index in [0.29, 0.717) is 16.7 Å². The third kappa shape index (κ3) is 4.98. The summed E-state index contributed by atoms with van der Waals surface area (Å²) in [6, 6.07) is 11.1. The Kier molecular flexibility index (Phi) is 5.62. The summed E-state index contributed by atoms with van der Waals surface area (Å²) in [6.07, 6.45) is -4.54. The van der Waals surface area contributed by atoms with Crippen molar-refractivity contribution in [3.8, 4) is 0 Å². The first-order valence-corrected chi connectivity index (χ1v) is 8.47. The number of aromatic nitrogens is 2. The smallest absolute Gasteiger partial charge is 0.368 e. The molecule has 2 amide bonds. The fraction of sp³-hybridized carbons (Fsp3) is 0.158. The lowest BCUT2D eigenvalue weighted by atomic mass is 10.1. The van der Waals surface area contributed by atoms with E-state index in [9.17, 15) is 22.8 Å². The Morgan fingerprint density at radius 3 is 2.52 bits per heavy atom. The summed E-state index contributed by atoms with van der Waals surface area (Å²) in [6.45, 7) is -0.262. The molecule has 7 nitrogen and oxygen atoms in total. The molecule has 0 fully saturated rings. The number of carbonyl (C=O) groups excluding carboxylic acids is 2. The predicted octanol–water partition coefficient (Wildman–Crippen LogP) is 2.48. The van der Waals surface area contributed by atoms with Crippen molar-refractivity contribution in [3.05, 3.63) is 65.5 Å². The SMILES string of the molecule is NC(=O)CNc1nc(CNC(=O)c2cccc(C(F)(F)F)c2)nc2ccccc12. The minimum Gasteiger partial charge on any atom is -0.368 e. The van der Waals surface area contributed by atoms with Crippen molar-refractivity contribution in [3.63, 3.8) is 0 Å². The number of nitrogens with zero attached hydrogens (tertiary/aromatic N) is 2. The van der Waals surface area contributed by atoms with E-state index in [0.717, 1.165) is 18.2 Å². The number of anilines is 1. The molecule has 0 aliphatic carbocycles. The number of amides is 2. The van der Waals surface area contributed by atoms with Crippen molar-refractivity contribution in [2.75, 3.05) is 11.9 Å². The number of carbonyl (C=O) groups is 2. The van der Waals surface area contributed by atoms with Crippen LogP contribution in [0.4, 0.5) is 19.0 Å². The van der Waals surface area contributed by atoms with Crippen LogP contribution in [0.2, 0.25) is 0 Å². The molecule has 150 valence electrons. The minimum atomic E-state index is -4.54. The maximum absolute atomic E-state index is 12.8. The number of nitrogens with two attached hydrogens (primary N) is 1. The number of benzene rings is 2. The van der Waals surface area contributed by atoms with Gasteiger partial charge in [-0.3, -0.25) is 9.59 Å². The quantitative estimate of drug-likeness (QED) is 0.586. The Morgan fingerprint density at radius 2 is 1.79 bits per heavy atom. The summed E-state index contributed by atoms with van der Waals surface area (Å²) in [5.74, 6) is -0.694. The zero-order valence-corrected chi connectivity index (χ0v) is 15.0. The Hall–Kier alpha value is -3.69. The molecule has 0 spiro atoms. The molecule has 0 atom stereocenters. The molecule has 2 aromatic carbocycles. The van der Waals surface area contributed by atoms with Crippen LogP contribution in [0.1, 0.15) is 21.7 Å². The van der Waals surface area contributed by atoms with Crippen LogP contribution in [0.25, 0.3) is 10.9 Å². The Bertz CT molecular complexity index is 1070. The molecule has 0 aliphatic heterocycles. The van der Waals surface area contributed by atoms with Gasteiger partial charge in [0.2, 0.25) is 5.91 Å². The van der Waals surface area contributed by atoms with E-state index in [4.69, 9.17) is 5.73 Å². The van der Waals surface area contributed by atoms with E-state index in [-0.39, 0.29) is 24.5 Å². The Balaban J connectivity index is 1.80. The van der Waals surface area contributed by atoms with Gasteiger partial charge in [0.05, 0.1) is 24.2 Å². The molecule has 0 radical (unpaired) electrons. The average Bonchev–Trinajstić information content (AvgIpc) is 2.69. The highest BCUT2D eigenvalue weighted by molar-refractivity contribution is 5.94. The van der Waals surface area contributed by atoms with Gasteiger partial charge < -0.3 is 16.4 Å². The van der Waals surface area contributed by atoms with Gasteiger partial charge in [-0.05, 0) is 30.3 Å². The molecule has 0 unspecified atom stereocenters. The first kappa shape index (κ1) is 20.1. The van der Waals surface area contributed by atoms with Crippen molar-refractivity contribution in [1.82, 2.24) is 15.3 Å². The maximum Gasteiger partial charge on any atom is 0.416 e. The normalized spacial score (nSPS) is 11.3. The molecular weight excluding hydrogens is 387 g/mol. The summed E-state index contributed by atoms with van der Waals surface area (Å²) >= 11 is 0. The number of alkyl halides is 3. The summed E-state index contributed by atoms with van der Waals surface area (Å²) in [5, 5.41) is 5.96. The van der Waals surface area contributed by atoms with E-state index in [2.05, 4.69) is 20.6 Å². The zero-order chi connectivity index (χ0) is 21.0. The third-order valence-electron chi connectivity index (χ3n) is 3.94. The molecule has 3 rings (SSSR count). The van der Waals surface area contributed by atoms with Gasteiger partial charge in [-0.25, -0.2) is 9.97 Å². The second-order valence-electron chi connectivity index (χ2n) is 6.09. The van der Waals surface area contributed by atoms with Crippen molar-refractivity contribution < 1.29 is 22.8 Å². The van der Waals surface area contributed by atoms with Crippen LogP contribution in [0.3, 0.4) is 0 Å². The maximum atomic E-state index is 12.8. The Morgan fingerprint density at radius 1 is 1.03 bits per heavy atom. The van der Waals surface area contributed by atoms with Crippen LogP contribution in [-0.4, -0.2) is 28.3 Å². The van der Waals surface area contributed by atoms with Gasteiger partial charge >= 0.3 is 6.18 Å². The Labute approximate surface area is 163 Å². The molecule has 3 aromatic rings. The first-order valence-electron chi connectivity index (χ1n) is 8.47. The molecule has 1 heterocycles. The number of hydrogen-bond donors (Lipinski definition) is 3. The van der Waals surface area contributed by atoms with Crippen molar-refractivity contribution >= 4 is 28.5 Å². The molecule has 10 heteroatoms. The van der Waals surface area contributed by atoms with Gasteiger partial charge in [0, 0.05) is 10.9 Å². The van der Waals surface area contributed by atoms with Crippen LogP contribution in [0.15, 0.2) is 48.5 Å². The number of para-hydroxylation sites is 1. The monoisotopic (exact) mass is 403 g/mol. The molecule has 0 bridgehead atoms. The van der Waals surface area contributed by atoms with E-state index in [1.165, 1.54) is 6.07 Å². The number of fused-ring (bicyclic) bond motifs is 1. The predicted molar refractivity (Wildman–Crippen MR) is 99.8 cm³/mol. The molecule has 0 aliphatic rings. The second-order valence-corrected chi connectivity index (χ2v) is 6.09. The summed E-state index contributed by atoms with van der Waals surface area (Å²) < 4.78 is 38.4. The standard InChI is InChI=1S/C19H16F3N5O2/c20-19(21,22)12-5-3-4-11(8-12)18(29)25-10-16-26-14-7-2-1-6-13(14)17(27-16)24-9-15(23)28/h1-8H,9-10H2,(H2,23,28)(H,25,29)(H,24,26,27). The molecular formula is C19H16F3N5O2. The highest BCUT2D eigenvalue weighted by Crippen LogP contribution is 2.29. The fourth-order valence-corrected chi connectivity index (χ4v) is 2.61. The van der Waals surface area contributed by atoms with Gasteiger partial charge in [-0.1, -0.05) is 18.2 Å². The van der Waals surface area contributed by atoms with E-state index in [1.54, 1.807) is 24.3 Å². The number of halogens is 3. The van der Waals surface area contributed by atoms with Crippen molar-refractivity contribution in [2.24, 2.45) is 5.73 Å². The van der Waals surface area contributed by atoms with Crippen LogP contribution in [0.5, 0.6) is 0 Å². The van der Waals surface area contributed by atoms with Gasteiger partial charge in [0.1, 0.15) is 5.82 Å². The van der Waals surface area contributed by atoms with Gasteiger partial charge in [-0.2, -0.15) is 13.2 Å². The number of rotatable bonds is 6. The topological polar surface area (TPSA) is 110 Å². The van der Waals surface area contributed by atoms with Crippen LogP contribution >= 0.6 is 0 Å².